The lowest BCUT2D eigenvalue weighted by atomic mass is 9.84. The first-order valence-electron chi connectivity index (χ1n) is 6.37. The van der Waals surface area contributed by atoms with Gasteiger partial charge in [0, 0.05) is 17.5 Å². The fraction of sp³-hybridized carbons (Fsp3) is 0.692. The van der Waals surface area contributed by atoms with Gasteiger partial charge in [0.15, 0.2) is 0 Å². The smallest absolute Gasteiger partial charge is 0.133 e. The van der Waals surface area contributed by atoms with Crippen molar-refractivity contribution in [3.8, 4) is 0 Å². The van der Waals surface area contributed by atoms with Crippen LogP contribution in [0.15, 0.2) is 6.07 Å². The number of nitrogens with zero attached hydrogens (tertiary/aromatic N) is 2. The SMILES string of the molecule is Clc1cc(C2CCCC2)nc(C2CCC2)n1. The maximum absolute atomic E-state index is 6.10. The fourth-order valence-corrected chi connectivity index (χ4v) is 2.93. The van der Waals surface area contributed by atoms with Crippen LogP contribution in [0.3, 0.4) is 0 Å². The lowest BCUT2D eigenvalue weighted by Crippen LogP contribution is -2.14. The van der Waals surface area contributed by atoms with E-state index in [4.69, 9.17) is 16.6 Å². The summed E-state index contributed by atoms with van der Waals surface area (Å²) >= 11 is 6.10. The van der Waals surface area contributed by atoms with E-state index in [0.717, 1.165) is 5.82 Å². The maximum atomic E-state index is 6.10. The largest absolute Gasteiger partial charge is 0.237 e. The topological polar surface area (TPSA) is 25.8 Å². The summed E-state index contributed by atoms with van der Waals surface area (Å²) in [5.41, 5.74) is 1.19. The van der Waals surface area contributed by atoms with E-state index in [1.54, 1.807) is 0 Å². The van der Waals surface area contributed by atoms with Gasteiger partial charge in [-0.15, -0.1) is 0 Å². The van der Waals surface area contributed by atoms with E-state index >= 15 is 0 Å². The van der Waals surface area contributed by atoms with Gasteiger partial charge in [0.1, 0.15) is 11.0 Å². The minimum Gasteiger partial charge on any atom is -0.237 e. The van der Waals surface area contributed by atoms with Gasteiger partial charge in [0.2, 0.25) is 0 Å². The Morgan fingerprint density at radius 1 is 0.938 bits per heavy atom. The predicted molar refractivity (Wildman–Crippen MR) is 64.8 cm³/mol. The number of hydrogen-bond donors (Lipinski definition) is 0. The molecule has 2 fully saturated rings. The highest BCUT2D eigenvalue weighted by Gasteiger charge is 2.25. The third kappa shape index (κ3) is 1.95. The standard InChI is InChI=1S/C13H17ClN2/c14-12-8-11(9-4-1-2-5-9)15-13(16-12)10-6-3-7-10/h8-10H,1-7H2. The van der Waals surface area contributed by atoms with E-state index in [-0.39, 0.29) is 0 Å². The summed E-state index contributed by atoms with van der Waals surface area (Å²) in [4.78, 5) is 9.12. The van der Waals surface area contributed by atoms with Crippen LogP contribution in [0.2, 0.25) is 5.15 Å². The van der Waals surface area contributed by atoms with Crippen LogP contribution in [0.1, 0.15) is 68.3 Å². The molecule has 0 atom stereocenters. The van der Waals surface area contributed by atoms with Crippen LogP contribution in [0.5, 0.6) is 0 Å². The van der Waals surface area contributed by atoms with Crippen molar-refractivity contribution >= 4 is 11.6 Å². The second-order valence-corrected chi connectivity index (χ2v) is 5.47. The molecule has 0 unspecified atom stereocenters. The van der Waals surface area contributed by atoms with Crippen LogP contribution in [-0.4, -0.2) is 9.97 Å². The van der Waals surface area contributed by atoms with Crippen LogP contribution in [0.25, 0.3) is 0 Å². The Hall–Kier alpha value is -0.630. The molecule has 2 nitrogen and oxygen atoms in total. The Morgan fingerprint density at radius 3 is 2.25 bits per heavy atom. The Kier molecular flexibility index (Phi) is 2.84. The zero-order chi connectivity index (χ0) is 11.0. The second-order valence-electron chi connectivity index (χ2n) is 5.08. The van der Waals surface area contributed by atoms with Gasteiger partial charge in [0.05, 0.1) is 0 Å². The molecule has 2 aliphatic rings. The monoisotopic (exact) mass is 236 g/mol. The lowest BCUT2D eigenvalue weighted by molar-refractivity contribution is 0.399. The molecule has 2 aliphatic carbocycles. The zero-order valence-electron chi connectivity index (χ0n) is 9.45. The molecule has 0 bridgehead atoms. The van der Waals surface area contributed by atoms with E-state index in [2.05, 4.69) is 4.98 Å². The molecule has 1 heterocycles. The Balaban J connectivity index is 1.88. The van der Waals surface area contributed by atoms with E-state index in [0.29, 0.717) is 17.0 Å². The first-order chi connectivity index (χ1) is 7.83. The highest BCUT2D eigenvalue weighted by molar-refractivity contribution is 6.29. The third-order valence-electron chi connectivity index (χ3n) is 3.98. The minimum atomic E-state index is 0.582. The van der Waals surface area contributed by atoms with Gasteiger partial charge < -0.3 is 0 Å². The second kappa shape index (κ2) is 4.33. The van der Waals surface area contributed by atoms with Crippen molar-refractivity contribution in [3.05, 3.63) is 22.7 Å². The molecule has 3 heteroatoms. The molecule has 1 aromatic rings. The van der Waals surface area contributed by atoms with Gasteiger partial charge in [-0.2, -0.15) is 0 Å². The van der Waals surface area contributed by atoms with E-state index in [1.165, 1.54) is 50.6 Å². The van der Waals surface area contributed by atoms with Crippen molar-refractivity contribution in [3.63, 3.8) is 0 Å². The van der Waals surface area contributed by atoms with Gasteiger partial charge in [-0.3, -0.25) is 0 Å². The fourth-order valence-electron chi connectivity index (χ4n) is 2.73. The van der Waals surface area contributed by atoms with E-state index in [1.807, 2.05) is 6.07 Å². The molecule has 0 amide bonds. The number of hydrogen-bond acceptors (Lipinski definition) is 2. The van der Waals surface area contributed by atoms with Gasteiger partial charge in [-0.25, -0.2) is 9.97 Å². The number of halogens is 1. The summed E-state index contributed by atoms with van der Waals surface area (Å²) in [6.45, 7) is 0. The molecular formula is C13H17ClN2. The van der Waals surface area contributed by atoms with Gasteiger partial charge in [-0.1, -0.05) is 30.9 Å². The molecule has 0 aliphatic heterocycles. The average molecular weight is 237 g/mol. The lowest BCUT2D eigenvalue weighted by Gasteiger charge is -2.24. The van der Waals surface area contributed by atoms with E-state index in [9.17, 15) is 0 Å². The van der Waals surface area contributed by atoms with Crippen LogP contribution in [0.4, 0.5) is 0 Å². The molecule has 0 N–H and O–H groups in total. The Bertz CT molecular complexity index is 382. The number of aromatic nitrogens is 2. The third-order valence-corrected chi connectivity index (χ3v) is 4.17. The molecule has 0 saturated heterocycles. The van der Waals surface area contributed by atoms with Crippen LogP contribution >= 0.6 is 11.6 Å². The highest BCUT2D eigenvalue weighted by Crippen LogP contribution is 2.37. The molecule has 86 valence electrons. The Morgan fingerprint density at radius 2 is 1.62 bits per heavy atom. The van der Waals surface area contributed by atoms with Crippen molar-refractivity contribution in [1.82, 2.24) is 9.97 Å². The zero-order valence-corrected chi connectivity index (χ0v) is 10.2. The summed E-state index contributed by atoms with van der Waals surface area (Å²) in [5.74, 6) is 2.22. The van der Waals surface area contributed by atoms with Crippen molar-refractivity contribution in [2.75, 3.05) is 0 Å². The average Bonchev–Trinajstić information content (AvgIpc) is 2.66. The normalized spacial score (nSPS) is 22.3. The summed E-state index contributed by atoms with van der Waals surface area (Å²) in [5, 5.41) is 0.638. The highest BCUT2D eigenvalue weighted by atomic mass is 35.5. The molecule has 16 heavy (non-hydrogen) atoms. The summed E-state index contributed by atoms with van der Waals surface area (Å²) in [7, 11) is 0. The van der Waals surface area contributed by atoms with Crippen molar-refractivity contribution in [2.24, 2.45) is 0 Å². The molecule has 2 saturated carbocycles. The molecule has 0 radical (unpaired) electrons. The molecule has 1 aromatic heterocycles. The van der Waals surface area contributed by atoms with Gasteiger partial charge >= 0.3 is 0 Å². The van der Waals surface area contributed by atoms with Crippen molar-refractivity contribution < 1.29 is 0 Å². The number of rotatable bonds is 2. The summed E-state index contributed by atoms with van der Waals surface area (Å²) in [6.07, 6.45) is 9.03. The maximum Gasteiger partial charge on any atom is 0.133 e. The first kappa shape index (κ1) is 10.5. The molecule has 3 rings (SSSR count). The van der Waals surface area contributed by atoms with Gasteiger partial charge in [0.25, 0.3) is 0 Å². The van der Waals surface area contributed by atoms with Crippen molar-refractivity contribution in [2.45, 2.75) is 56.8 Å². The molecule has 0 aromatic carbocycles. The predicted octanol–water partition coefficient (Wildman–Crippen LogP) is 4.06. The van der Waals surface area contributed by atoms with Crippen LogP contribution in [-0.2, 0) is 0 Å². The Labute approximate surface area is 101 Å². The van der Waals surface area contributed by atoms with Gasteiger partial charge in [-0.05, 0) is 31.7 Å². The molecular weight excluding hydrogens is 220 g/mol. The van der Waals surface area contributed by atoms with E-state index < -0.39 is 0 Å². The minimum absolute atomic E-state index is 0.582. The summed E-state index contributed by atoms with van der Waals surface area (Å²) < 4.78 is 0. The summed E-state index contributed by atoms with van der Waals surface area (Å²) in [6, 6.07) is 1.97. The van der Waals surface area contributed by atoms with Crippen LogP contribution < -0.4 is 0 Å². The van der Waals surface area contributed by atoms with Crippen molar-refractivity contribution in [1.29, 1.82) is 0 Å². The first-order valence-corrected chi connectivity index (χ1v) is 6.75. The molecule has 0 spiro atoms. The van der Waals surface area contributed by atoms with Crippen LogP contribution in [0, 0.1) is 0 Å². The quantitative estimate of drug-likeness (QED) is 0.724.